The van der Waals surface area contributed by atoms with Gasteiger partial charge in [0.15, 0.2) is 6.10 Å². The minimum atomic E-state index is -0.382. The largest absolute Gasteiger partial charge is 0.360 e. The Labute approximate surface area is 105 Å². The van der Waals surface area contributed by atoms with E-state index in [0.717, 1.165) is 23.3 Å². The molecule has 1 aliphatic heterocycles. The fourth-order valence-corrected chi connectivity index (χ4v) is 2.16. The minimum absolute atomic E-state index is 0.382. The van der Waals surface area contributed by atoms with Crippen LogP contribution in [-0.2, 0) is 4.74 Å². The molecule has 0 radical (unpaired) electrons. The summed E-state index contributed by atoms with van der Waals surface area (Å²) in [6, 6.07) is 10.0. The van der Waals surface area contributed by atoms with Gasteiger partial charge < -0.3 is 9.64 Å². The molecule has 18 heavy (non-hydrogen) atoms. The molecule has 0 amide bonds. The predicted molar refractivity (Wildman–Crippen MR) is 67.1 cm³/mol. The summed E-state index contributed by atoms with van der Waals surface area (Å²) in [7, 11) is 0. The van der Waals surface area contributed by atoms with E-state index in [1.165, 1.54) is 0 Å². The van der Waals surface area contributed by atoms with Gasteiger partial charge in [-0.1, -0.05) is 12.1 Å². The molecular weight excluding hydrogens is 228 g/mol. The summed E-state index contributed by atoms with van der Waals surface area (Å²) < 4.78 is 5.34. The lowest BCUT2D eigenvalue weighted by Crippen LogP contribution is -2.42. The maximum atomic E-state index is 8.93. The molecule has 5 heteroatoms. The number of rotatable bonds is 1. The average Bonchev–Trinajstić information content (AvgIpc) is 2.47. The maximum Gasteiger partial charge on any atom is 0.161 e. The normalized spacial score (nSPS) is 19.7. The van der Waals surface area contributed by atoms with E-state index in [1.54, 1.807) is 6.33 Å². The third-order valence-corrected chi connectivity index (χ3v) is 3.03. The summed E-state index contributed by atoms with van der Waals surface area (Å²) in [6.45, 7) is 1.85. The summed E-state index contributed by atoms with van der Waals surface area (Å²) in [5.74, 6) is 0.879. The third-order valence-electron chi connectivity index (χ3n) is 3.03. The van der Waals surface area contributed by atoms with E-state index in [2.05, 4.69) is 20.9 Å². The van der Waals surface area contributed by atoms with Crippen LogP contribution in [0.25, 0.3) is 10.9 Å². The standard InChI is InChI=1S/C13H12N4O/c14-7-10-8-17(5-6-18-10)13-11-3-1-2-4-12(11)15-9-16-13/h1-4,9-10H,5-6,8H2. The zero-order valence-electron chi connectivity index (χ0n) is 9.78. The molecule has 0 spiro atoms. The van der Waals surface area contributed by atoms with Crippen molar-refractivity contribution in [1.82, 2.24) is 9.97 Å². The van der Waals surface area contributed by atoms with Crippen molar-refractivity contribution in [3.63, 3.8) is 0 Å². The van der Waals surface area contributed by atoms with Crippen molar-refractivity contribution in [2.24, 2.45) is 0 Å². The number of hydrogen-bond donors (Lipinski definition) is 0. The molecule has 90 valence electrons. The number of nitriles is 1. The summed E-state index contributed by atoms with van der Waals surface area (Å²) in [4.78, 5) is 10.7. The molecule has 1 unspecified atom stereocenters. The number of anilines is 1. The number of nitrogens with zero attached hydrogens (tertiary/aromatic N) is 4. The molecule has 2 heterocycles. The van der Waals surface area contributed by atoms with Crippen molar-refractivity contribution < 1.29 is 4.74 Å². The van der Waals surface area contributed by atoms with Gasteiger partial charge in [-0.05, 0) is 12.1 Å². The molecule has 1 aromatic carbocycles. The van der Waals surface area contributed by atoms with E-state index in [4.69, 9.17) is 10.00 Å². The zero-order chi connectivity index (χ0) is 12.4. The molecule has 2 aromatic rings. The summed E-state index contributed by atoms with van der Waals surface area (Å²) in [5.41, 5.74) is 0.919. The van der Waals surface area contributed by atoms with Crippen LogP contribution < -0.4 is 4.90 Å². The molecule has 3 rings (SSSR count). The van der Waals surface area contributed by atoms with Crippen molar-refractivity contribution in [3.8, 4) is 6.07 Å². The average molecular weight is 240 g/mol. The van der Waals surface area contributed by atoms with Crippen molar-refractivity contribution in [2.45, 2.75) is 6.10 Å². The first-order valence-corrected chi connectivity index (χ1v) is 5.84. The second-order valence-electron chi connectivity index (χ2n) is 4.15. The van der Waals surface area contributed by atoms with Gasteiger partial charge in [-0.15, -0.1) is 0 Å². The van der Waals surface area contributed by atoms with Gasteiger partial charge in [0, 0.05) is 11.9 Å². The molecule has 1 saturated heterocycles. The van der Waals surface area contributed by atoms with Crippen LogP contribution >= 0.6 is 0 Å². The molecule has 0 bridgehead atoms. The van der Waals surface area contributed by atoms with E-state index in [1.807, 2.05) is 24.3 Å². The maximum absolute atomic E-state index is 8.93. The zero-order valence-corrected chi connectivity index (χ0v) is 9.78. The first-order chi connectivity index (χ1) is 8.88. The number of fused-ring (bicyclic) bond motifs is 1. The summed E-state index contributed by atoms with van der Waals surface area (Å²) >= 11 is 0. The van der Waals surface area contributed by atoms with Gasteiger partial charge in [-0.2, -0.15) is 5.26 Å². The Morgan fingerprint density at radius 3 is 3.11 bits per heavy atom. The van der Waals surface area contributed by atoms with E-state index in [-0.39, 0.29) is 6.10 Å². The Bertz CT molecular complexity index is 602. The Balaban J connectivity index is 2.01. The van der Waals surface area contributed by atoms with Crippen LogP contribution in [0.2, 0.25) is 0 Å². The molecule has 1 fully saturated rings. The van der Waals surface area contributed by atoms with Gasteiger partial charge in [-0.3, -0.25) is 0 Å². The number of morpholine rings is 1. The highest BCUT2D eigenvalue weighted by molar-refractivity contribution is 5.89. The van der Waals surface area contributed by atoms with Crippen molar-refractivity contribution in [3.05, 3.63) is 30.6 Å². The highest BCUT2D eigenvalue weighted by Gasteiger charge is 2.22. The van der Waals surface area contributed by atoms with E-state index >= 15 is 0 Å². The third kappa shape index (κ3) is 1.87. The van der Waals surface area contributed by atoms with Crippen LogP contribution in [-0.4, -0.2) is 35.8 Å². The Kier molecular flexibility index (Phi) is 2.79. The van der Waals surface area contributed by atoms with Gasteiger partial charge in [-0.25, -0.2) is 9.97 Å². The van der Waals surface area contributed by atoms with Crippen LogP contribution in [0.4, 0.5) is 5.82 Å². The van der Waals surface area contributed by atoms with Crippen molar-refractivity contribution in [1.29, 1.82) is 5.26 Å². The van der Waals surface area contributed by atoms with Gasteiger partial charge in [0.2, 0.25) is 0 Å². The lowest BCUT2D eigenvalue weighted by Gasteiger charge is -2.31. The molecule has 0 N–H and O–H groups in total. The molecule has 0 aliphatic carbocycles. The second kappa shape index (κ2) is 4.59. The molecule has 1 aromatic heterocycles. The SMILES string of the molecule is N#CC1CN(c2ncnc3ccccc23)CCO1. The lowest BCUT2D eigenvalue weighted by atomic mass is 10.2. The van der Waals surface area contributed by atoms with Crippen LogP contribution in [0.5, 0.6) is 0 Å². The predicted octanol–water partition coefficient (Wildman–Crippen LogP) is 1.36. The van der Waals surface area contributed by atoms with E-state index < -0.39 is 0 Å². The van der Waals surface area contributed by atoms with Crippen LogP contribution in [0, 0.1) is 11.3 Å². The monoisotopic (exact) mass is 240 g/mol. The van der Waals surface area contributed by atoms with Crippen LogP contribution in [0.15, 0.2) is 30.6 Å². The smallest absolute Gasteiger partial charge is 0.161 e. The number of ether oxygens (including phenoxy) is 1. The van der Waals surface area contributed by atoms with Crippen molar-refractivity contribution >= 4 is 16.7 Å². The molecule has 1 atom stereocenters. The van der Waals surface area contributed by atoms with Gasteiger partial charge in [0.25, 0.3) is 0 Å². The van der Waals surface area contributed by atoms with E-state index in [0.29, 0.717) is 13.2 Å². The number of benzene rings is 1. The molecule has 5 nitrogen and oxygen atoms in total. The fraction of sp³-hybridized carbons (Fsp3) is 0.308. The van der Waals surface area contributed by atoms with Crippen molar-refractivity contribution in [2.75, 3.05) is 24.6 Å². The molecule has 1 aliphatic rings. The van der Waals surface area contributed by atoms with Crippen LogP contribution in [0.3, 0.4) is 0 Å². The quantitative estimate of drug-likeness (QED) is 0.753. The van der Waals surface area contributed by atoms with Gasteiger partial charge >= 0.3 is 0 Å². The first-order valence-electron chi connectivity index (χ1n) is 5.84. The van der Waals surface area contributed by atoms with Gasteiger partial charge in [0.1, 0.15) is 12.1 Å². The Morgan fingerprint density at radius 1 is 1.33 bits per heavy atom. The topological polar surface area (TPSA) is 62.0 Å². The minimum Gasteiger partial charge on any atom is -0.360 e. The Hall–Kier alpha value is -2.19. The summed E-state index contributed by atoms with van der Waals surface area (Å²) in [6.07, 6.45) is 1.18. The fourth-order valence-electron chi connectivity index (χ4n) is 2.16. The number of para-hydroxylation sites is 1. The number of hydrogen-bond acceptors (Lipinski definition) is 5. The first kappa shape index (κ1) is 10.9. The van der Waals surface area contributed by atoms with Gasteiger partial charge in [0.05, 0.1) is 24.7 Å². The highest BCUT2D eigenvalue weighted by atomic mass is 16.5. The lowest BCUT2D eigenvalue weighted by molar-refractivity contribution is 0.0762. The Morgan fingerprint density at radius 2 is 2.22 bits per heavy atom. The summed E-state index contributed by atoms with van der Waals surface area (Å²) in [5, 5.41) is 9.95. The molecular formula is C13H12N4O. The number of aromatic nitrogens is 2. The van der Waals surface area contributed by atoms with E-state index in [9.17, 15) is 0 Å². The van der Waals surface area contributed by atoms with Crippen LogP contribution in [0.1, 0.15) is 0 Å². The molecule has 0 saturated carbocycles. The highest BCUT2D eigenvalue weighted by Crippen LogP contribution is 2.23. The second-order valence-corrected chi connectivity index (χ2v) is 4.15.